The fourth-order valence-electron chi connectivity index (χ4n) is 2.87. The largest absolute Gasteiger partial charge is 0.462 e. The second-order valence-electron chi connectivity index (χ2n) is 6.50. The Hall–Kier alpha value is -1.71. The van der Waals surface area contributed by atoms with E-state index in [4.69, 9.17) is 10.5 Å². The predicted octanol–water partition coefficient (Wildman–Crippen LogP) is 3.46. The molecule has 1 heterocycles. The van der Waals surface area contributed by atoms with E-state index >= 15 is 0 Å². The lowest BCUT2D eigenvalue weighted by Gasteiger charge is -2.26. The molecule has 0 unspecified atom stereocenters. The van der Waals surface area contributed by atoms with Crippen molar-refractivity contribution in [3.63, 3.8) is 0 Å². The first-order chi connectivity index (χ1) is 9.93. The van der Waals surface area contributed by atoms with Crippen molar-refractivity contribution in [2.75, 3.05) is 30.3 Å². The Morgan fingerprint density at radius 3 is 2.81 bits per heavy atom. The fourth-order valence-corrected chi connectivity index (χ4v) is 2.87. The highest BCUT2D eigenvalue weighted by Crippen LogP contribution is 2.33. The van der Waals surface area contributed by atoms with Crippen LogP contribution in [0, 0.1) is 5.41 Å². The van der Waals surface area contributed by atoms with Gasteiger partial charge in [0.2, 0.25) is 0 Å². The molecule has 0 amide bonds. The van der Waals surface area contributed by atoms with E-state index in [9.17, 15) is 4.79 Å². The van der Waals surface area contributed by atoms with E-state index in [0.717, 1.165) is 31.6 Å². The van der Waals surface area contributed by atoms with Crippen molar-refractivity contribution in [2.45, 2.75) is 40.0 Å². The fraction of sp³-hybridized carbons (Fsp3) is 0.588. The van der Waals surface area contributed by atoms with Gasteiger partial charge in [-0.1, -0.05) is 13.8 Å². The van der Waals surface area contributed by atoms with Crippen LogP contribution in [0.4, 0.5) is 11.4 Å². The van der Waals surface area contributed by atoms with Gasteiger partial charge in [-0.25, -0.2) is 4.79 Å². The Morgan fingerprint density at radius 2 is 2.10 bits per heavy atom. The highest BCUT2D eigenvalue weighted by atomic mass is 16.5. The SMILES string of the molecule is CCOC(=O)c1cc(N)ccc1N1CCCC(C)(C)CC1. The summed E-state index contributed by atoms with van der Waals surface area (Å²) in [5.41, 5.74) is 8.33. The van der Waals surface area contributed by atoms with Gasteiger partial charge in [0.1, 0.15) is 0 Å². The molecule has 0 aromatic heterocycles. The molecular formula is C17H26N2O2. The zero-order valence-electron chi connectivity index (χ0n) is 13.3. The third-order valence-electron chi connectivity index (χ3n) is 4.20. The normalized spacial score (nSPS) is 18.1. The first-order valence-electron chi connectivity index (χ1n) is 7.74. The molecular weight excluding hydrogens is 264 g/mol. The minimum atomic E-state index is -0.289. The van der Waals surface area contributed by atoms with Crippen molar-refractivity contribution in [1.82, 2.24) is 0 Å². The van der Waals surface area contributed by atoms with Gasteiger partial charge in [-0.3, -0.25) is 0 Å². The Kier molecular flexibility index (Phi) is 4.76. The molecule has 2 rings (SSSR count). The highest BCUT2D eigenvalue weighted by Gasteiger charge is 2.25. The molecule has 116 valence electrons. The number of rotatable bonds is 3. The van der Waals surface area contributed by atoms with E-state index < -0.39 is 0 Å². The summed E-state index contributed by atoms with van der Waals surface area (Å²) in [6.07, 6.45) is 3.48. The van der Waals surface area contributed by atoms with Crippen molar-refractivity contribution < 1.29 is 9.53 Å². The molecule has 4 heteroatoms. The number of nitrogen functional groups attached to an aromatic ring is 1. The Balaban J connectivity index is 2.28. The van der Waals surface area contributed by atoms with Crippen LogP contribution in [0.15, 0.2) is 18.2 Å². The first-order valence-corrected chi connectivity index (χ1v) is 7.74. The van der Waals surface area contributed by atoms with Gasteiger partial charge in [0.25, 0.3) is 0 Å². The lowest BCUT2D eigenvalue weighted by atomic mass is 9.85. The molecule has 0 aliphatic carbocycles. The molecule has 1 aromatic rings. The van der Waals surface area contributed by atoms with Crippen LogP contribution in [0.25, 0.3) is 0 Å². The number of esters is 1. The molecule has 2 N–H and O–H groups in total. The van der Waals surface area contributed by atoms with Crippen LogP contribution in [0.1, 0.15) is 50.4 Å². The number of nitrogens with two attached hydrogens (primary N) is 1. The minimum Gasteiger partial charge on any atom is -0.462 e. The summed E-state index contributed by atoms with van der Waals surface area (Å²) in [7, 11) is 0. The number of carbonyl (C=O) groups is 1. The Bertz CT molecular complexity index is 512. The van der Waals surface area contributed by atoms with Crippen molar-refractivity contribution in [3.8, 4) is 0 Å². The number of ether oxygens (including phenoxy) is 1. The quantitative estimate of drug-likeness (QED) is 0.684. The standard InChI is InChI=1S/C17H26N2O2/c1-4-21-16(20)14-12-13(18)6-7-15(14)19-10-5-8-17(2,3)9-11-19/h6-7,12H,4-5,8-11,18H2,1-3H3. The second-order valence-corrected chi connectivity index (χ2v) is 6.50. The van der Waals surface area contributed by atoms with E-state index in [1.54, 1.807) is 6.07 Å². The molecule has 0 bridgehead atoms. The van der Waals surface area contributed by atoms with Gasteiger partial charge in [0.05, 0.1) is 17.9 Å². The number of hydrogen-bond donors (Lipinski definition) is 1. The maximum Gasteiger partial charge on any atom is 0.340 e. The van der Waals surface area contributed by atoms with Crippen LogP contribution in [0.5, 0.6) is 0 Å². The van der Waals surface area contributed by atoms with Crippen molar-refractivity contribution in [3.05, 3.63) is 23.8 Å². The van der Waals surface area contributed by atoms with Gasteiger partial charge in [-0.15, -0.1) is 0 Å². The van der Waals surface area contributed by atoms with Gasteiger partial charge in [0.15, 0.2) is 0 Å². The van der Waals surface area contributed by atoms with Crippen LogP contribution in [0.2, 0.25) is 0 Å². The molecule has 21 heavy (non-hydrogen) atoms. The topological polar surface area (TPSA) is 55.6 Å². The Labute approximate surface area is 127 Å². The molecule has 0 atom stereocenters. The van der Waals surface area contributed by atoms with Gasteiger partial charge < -0.3 is 15.4 Å². The first kappa shape index (κ1) is 15.7. The van der Waals surface area contributed by atoms with Crippen molar-refractivity contribution in [1.29, 1.82) is 0 Å². The molecule has 0 radical (unpaired) electrons. The molecule has 1 aromatic carbocycles. The maximum atomic E-state index is 12.2. The van der Waals surface area contributed by atoms with E-state index in [1.807, 2.05) is 19.1 Å². The molecule has 1 saturated heterocycles. The summed E-state index contributed by atoms with van der Waals surface area (Å²) < 4.78 is 5.17. The zero-order chi connectivity index (χ0) is 15.5. The van der Waals surface area contributed by atoms with Crippen LogP contribution < -0.4 is 10.6 Å². The summed E-state index contributed by atoms with van der Waals surface area (Å²) in [5.74, 6) is -0.289. The van der Waals surface area contributed by atoms with Gasteiger partial charge in [0, 0.05) is 18.8 Å². The average Bonchev–Trinajstić information content (AvgIpc) is 2.60. The van der Waals surface area contributed by atoms with Gasteiger partial charge >= 0.3 is 5.97 Å². The number of benzene rings is 1. The van der Waals surface area contributed by atoms with Crippen LogP contribution in [-0.2, 0) is 4.74 Å². The highest BCUT2D eigenvalue weighted by molar-refractivity contribution is 5.97. The lowest BCUT2D eigenvalue weighted by Crippen LogP contribution is -2.27. The van der Waals surface area contributed by atoms with Crippen LogP contribution in [0.3, 0.4) is 0 Å². The third-order valence-corrected chi connectivity index (χ3v) is 4.20. The summed E-state index contributed by atoms with van der Waals surface area (Å²) >= 11 is 0. The summed E-state index contributed by atoms with van der Waals surface area (Å²) in [6, 6.07) is 5.53. The van der Waals surface area contributed by atoms with E-state index in [-0.39, 0.29) is 5.97 Å². The zero-order valence-corrected chi connectivity index (χ0v) is 13.3. The van der Waals surface area contributed by atoms with E-state index in [1.165, 1.54) is 6.42 Å². The summed E-state index contributed by atoms with van der Waals surface area (Å²) in [4.78, 5) is 14.5. The number of carbonyl (C=O) groups excluding carboxylic acids is 1. The van der Waals surface area contributed by atoms with Crippen LogP contribution in [-0.4, -0.2) is 25.7 Å². The molecule has 0 saturated carbocycles. The average molecular weight is 290 g/mol. The minimum absolute atomic E-state index is 0.289. The number of anilines is 2. The summed E-state index contributed by atoms with van der Waals surface area (Å²) in [5, 5.41) is 0. The molecule has 1 aliphatic rings. The molecule has 0 spiro atoms. The number of hydrogen-bond acceptors (Lipinski definition) is 4. The monoisotopic (exact) mass is 290 g/mol. The van der Waals surface area contributed by atoms with Crippen LogP contribution >= 0.6 is 0 Å². The van der Waals surface area contributed by atoms with Gasteiger partial charge in [-0.2, -0.15) is 0 Å². The predicted molar refractivity (Wildman–Crippen MR) is 86.7 cm³/mol. The lowest BCUT2D eigenvalue weighted by molar-refractivity contribution is 0.0527. The van der Waals surface area contributed by atoms with Gasteiger partial charge in [-0.05, 0) is 49.8 Å². The second kappa shape index (κ2) is 6.37. The third kappa shape index (κ3) is 3.90. The molecule has 4 nitrogen and oxygen atoms in total. The van der Waals surface area contributed by atoms with E-state index in [2.05, 4.69) is 18.7 Å². The molecule has 1 aliphatic heterocycles. The maximum absolute atomic E-state index is 12.2. The molecule has 1 fully saturated rings. The number of nitrogens with zero attached hydrogens (tertiary/aromatic N) is 1. The smallest absolute Gasteiger partial charge is 0.340 e. The van der Waals surface area contributed by atoms with Crippen molar-refractivity contribution >= 4 is 17.3 Å². The van der Waals surface area contributed by atoms with E-state index in [0.29, 0.717) is 23.3 Å². The Morgan fingerprint density at radius 1 is 1.33 bits per heavy atom. The van der Waals surface area contributed by atoms with Crippen molar-refractivity contribution in [2.24, 2.45) is 5.41 Å². The summed E-state index contributed by atoms with van der Waals surface area (Å²) in [6.45, 7) is 8.75.